The molecule has 0 amide bonds. The van der Waals surface area contributed by atoms with Gasteiger partial charge in [-0.1, -0.05) is 11.6 Å². The van der Waals surface area contributed by atoms with Crippen molar-refractivity contribution in [3.63, 3.8) is 0 Å². The molecule has 2 heterocycles. The summed E-state index contributed by atoms with van der Waals surface area (Å²) in [5.74, 6) is 1.31. The van der Waals surface area contributed by atoms with Crippen molar-refractivity contribution in [2.24, 2.45) is 7.05 Å². The van der Waals surface area contributed by atoms with Crippen molar-refractivity contribution in [1.29, 1.82) is 0 Å². The number of thioether (sulfide) groups is 1. The van der Waals surface area contributed by atoms with Gasteiger partial charge in [0.2, 0.25) is 0 Å². The zero-order valence-corrected chi connectivity index (χ0v) is 10.8. The molecule has 2 rings (SSSR count). The Morgan fingerprint density at radius 1 is 1.62 bits per heavy atom. The van der Waals surface area contributed by atoms with E-state index in [4.69, 9.17) is 0 Å². The fraction of sp³-hybridized carbons (Fsp3) is 0.818. The number of aromatic nitrogens is 3. The first kappa shape index (κ1) is 11.9. The average molecular weight is 240 g/mol. The van der Waals surface area contributed by atoms with E-state index < -0.39 is 0 Å². The summed E-state index contributed by atoms with van der Waals surface area (Å²) in [6.45, 7) is 0. The van der Waals surface area contributed by atoms with E-state index in [-0.39, 0.29) is 0 Å². The molecule has 0 aliphatic carbocycles. The van der Waals surface area contributed by atoms with E-state index in [1.54, 1.807) is 4.68 Å². The van der Waals surface area contributed by atoms with Gasteiger partial charge in [-0.25, -0.2) is 0 Å². The maximum atomic E-state index is 4.16. The molecule has 1 aliphatic rings. The number of likely N-dealkylation sites (N-methyl/N-ethyl adjacent to an activating group) is 1. The van der Waals surface area contributed by atoms with E-state index >= 15 is 0 Å². The molecule has 0 aromatic carbocycles. The highest BCUT2D eigenvalue weighted by molar-refractivity contribution is 8.00. The zero-order valence-electron chi connectivity index (χ0n) is 10.0. The number of hydrogen-bond donors (Lipinski definition) is 1. The molecule has 1 N–H and O–H groups in total. The molecule has 1 saturated heterocycles. The van der Waals surface area contributed by atoms with Crippen LogP contribution in [0.1, 0.15) is 25.0 Å². The van der Waals surface area contributed by atoms with E-state index in [2.05, 4.69) is 34.4 Å². The van der Waals surface area contributed by atoms with Crippen LogP contribution in [0.2, 0.25) is 0 Å². The fourth-order valence-corrected chi connectivity index (χ4v) is 3.69. The van der Waals surface area contributed by atoms with Gasteiger partial charge in [0.05, 0.1) is 5.69 Å². The summed E-state index contributed by atoms with van der Waals surface area (Å²) < 4.78 is 1.77. The highest BCUT2D eigenvalue weighted by Gasteiger charge is 2.23. The molecule has 0 spiro atoms. The zero-order chi connectivity index (χ0) is 11.4. The Bertz CT molecular complexity index is 320. The van der Waals surface area contributed by atoms with Crippen molar-refractivity contribution in [2.75, 3.05) is 12.8 Å². The Labute approximate surface area is 101 Å². The maximum Gasteiger partial charge on any atom is 0.0842 e. The van der Waals surface area contributed by atoms with E-state index in [1.165, 1.54) is 25.0 Å². The molecule has 0 saturated carbocycles. The van der Waals surface area contributed by atoms with Gasteiger partial charge in [-0.05, 0) is 25.6 Å². The van der Waals surface area contributed by atoms with Gasteiger partial charge >= 0.3 is 0 Å². The second-order valence-electron chi connectivity index (χ2n) is 4.39. The Morgan fingerprint density at radius 3 is 3.06 bits per heavy atom. The predicted octanol–water partition coefficient (Wildman–Crippen LogP) is 1.23. The number of rotatable bonds is 4. The van der Waals surface area contributed by atoms with Crippen LogP contribution in [0.4, 0.5) is 0 Å². The summed E-state index contributed by atoms with van der Waals surface area (Å²) in [6, 6.07) is 0.530. The lowest BCUT2D eigenvalue weighted by atomic mass is 10.0. The normalized spacial score (nSPS) is 23.2. The number of hydrogen-bond acceptors (Lipinski definition) is 4. The third kappa shape index (κ3) is 2.98. The minimum atomic E-state index is 0.530. The molecule has 5 heteroatoms. The summed E-state index contributed by atoms with van der Waals surface area (Å²) in [7, 11) is 3.97. The largest absolute Gasteiger partial charge is 0.316 e. The molecule has 1 aromatic heterocycles. The maximum absolute atomic E-state index is 4.16. The molecule has 2 atom stereocenters. The standard InChI is InChI=1S/C11H20N4S/c1-12-10(11-5-3-4-6-16-11)7-9-8-15(2)14-13-9/h8,10-12H,3-7H2,1-2H3. The number of nitrogens with zero attached hydrogens (tertiary/aromatic N) is 3. The first-order valence-electron chi connectivity index (χ1n) is 5.93. The lowest BCUT2D eigenvalue weighted by Crippen LogP contribution is -2.39. The molecule has 1 aromatic rings. The highest BCUT2D eigenvalue weighted by Crippen LogP contribution is 2.28. The molecule has 1 aliphatic heterocycles. The van der Waals surface area contributed by atoms with Crippen molar-refractivity contribution in [2.45, 2.75) is 37.0 Å². The van der Waals surface area contributed by atoms with E-state index in [9.17, 15) is 0 Å². The molecule has 1 fully saturated rings. The van der Waals surface area contributed by atoms with E-state index in [0.29, 0.717) is 6.04 Å². The van der Waals surface area contributed by atoms with Crippen LogP contribution in [0.5, 0.6) is 0 Å². The third-order valence-corrected chi connectivity index (χ3v) is 4.63. The number of nitrogens with one attached hydrogen (secondary N) is 1. The van der Waals surface area contributed by atoms with Crippen molar-refractivity contribution < 1.29 is 0 Å². The van der Waals surface area contributed by atoms with Crippen molar-refractivity contribution in [3.8, 4) is 0 Å². The molecule has 0 radical (unpaired) electrons. The van der Waals surface area contributed by atoms with Gasteiger partial charge in [0.25, 0.3) is 0 Å². The second kappa shape index (κ2) is 5.68. The van der Waals surface area contributed by atoms with Gasteiger partial charge in [-0.2, -0.15) is 11.8 Å². The van der Waals surface area contributed by atoms with Gasteiger partial charge in [0, 0.05) is 31.0 Å². The van der Waals surface area contributed by atoms with Crippen molar-refractivity contribution in [1.82, 2.24) is 20.3 Å². The molecular formula is C11H20N4S. The Hall–Kier alpha value is -0.550. The fourth-order valence-electron chi connectivity index (χ4n) is 2.22. The van der Waals surface area contributed by atoms with Gasteiger partial charge in [-0.3, -0.25) is 4.68 Å². The summed E-state index contributed by atoms with van der Waals surface area (Å²) in [6.07, 6.45) is 7.08. The van der Waals surface area contributed by atoms with Crippen molar-refractivity contribution >= 4 is 11.8 Å². The summed E-state index contributed by atoms with van der Waals surface area (Å²) in [4.78, 5) is 0. The van der Waals surface area contributed by atoms with Gasteiger partial charge < -0.3 is 5.32 Å². The molecular weight excluding hydrogens is 220 g/mol. The van der Waals surface area contributed by atoms with Crippen LogP contribution in [0, 0.1) is 0 Å². The van der Waals surface area contributed by atoms with Crippen LogP contribution in [0.3, 0.4) is 0 Å². The van der Waals surface area contributed by atoms with E-state index in [0.717, 1.165) is 17.4 Å². The summed E-state index contributed by atoms with van der Waals surface area (Å²) in [5, 5.41) is 12.3. The average Bonchev–Trinajstić information content (AvgIpc) is 2.73. The topological polar surface area (TPSA) is 42.7 Å². The van der Waals surface area contributed by atoms with Crippen LogP contribution < -0.4 is 5.32 Å². The molecule has 4 nitrogen and oxygen atoms in total. The second-order valence-corrected chi connectivity index (χ2v) is 5.73. The lowest BCUT2D eigenvalue weighted by molar-refractivity contribution is 0.491. The minimum absolute atomic E-state index is 0.530. The highest BCUT2D eigenvalue weighted by atomic mass is 32.2. The smallest absolute Gasteiger partial charge is 0.0842 e. The van der Waals surface area contributed by atoms with Crippen LogP contribution in [-0.2, 0) is 13.5 Å². The SMILES string of the molecule is CNC(Cc1cn(C)nn1)C1CCCCS1. The van der Waals surface area contributed by atoms with Crippen molar-refractivity contribution in [3.05, 3.63) is 11.9 Å². The van der Waals surface area contributed by atoms with Crippen LogP contribution in [0.15, 0.2) is 6.20 Å². The Balaban J connectivity index is 1.94. The molecule has 2 unspecified atom stereocenters. The first-order chi connectivity index (χ1) is 7.79. The van der Waals surface area contributed by atoms with Crippen LogP contribution in [0.25, 0.3) is 0 Å². The summed E-state index contributed by atoms with van der Waals surface area (Å²) >= 11 is 2.10. The molecule has 90 valence electrons. The van der Waals surface area contributed by atoms with Gasteiger partial charge in [0.1, 0.15) is 0 Å². The van der Waals surface area contributed by atoms with Gasteiger partial charge in [0.15, 0.2) is 0 Å². The Kier molecular flexibility index (Phi) is 4.23. The predicted molar refractivity (Wildman–Crippen MR) is 67.7 cm³/mol. The van der Waals surface area contributed by atoms with E-state index in [1.807, 2.05) is 13.2 Å². The number of aryl methyl sites for hydroxylation is 1. The van der Waals surface area contributed by atoms with Gasteiger partial charge in [-0.15, -0.1) is 5.10 Å². The monoisotopic (exact) mass is 240 g/mol. The quantitative estimate of drug-likeness (QED) is 0.859. The molecule has 16 heavy (non-hydrogen) atoms. The lowest BCUT2D eigenvalue weighted by Gasteiger charge is -2.29. The minimum Gasteiger partial charge on any atom is -0.316 e. The molecule has 0 bridgehead atoms. The van der Waals surface area contributed by atoms with Crippen LogP contribution in [-0.4, -0.2) is 39.1 Å². The summed E-state index contributed by atoms with van der Waals surface area (Å²) in [5.41, 5.74) is 1.09. The Morgan fingerprint density at radius 2 is 2.50 bits per heavy atom. The first-order valence-corrected chi connectivity index (χ1v) is 6.98. The van der Waals surface area contributed by atoms with Crippen LogP contribution >= 0.6 is 11.8 Å². The third-order valence-electron chi connectivity index (χ3n) is 3.11.